The molecular formula is C15H18BrFO3. The molecule has 1 aromatic carbocycles. The second-order valence-electron chi connectivity index (χ2n) is 5.74. The molecule has 3 rings (SSSR count). The van der Waals surface area contributed by atoms with Crippen molar-refractivity contribution in [1.82, 2.24) is 0 Å². The Hall–Kier alpha value is -0.490. The number of ether oxygens (including phenoxy) is 2. The molecule has 0 atom stereocenters. The van der Waals surface area contributed by atoms with E-state index in [0.29, 0.717) is 45.3 Å². The molecular weight excluding hydrogens is 327 g/mol. The molecule has 1 saturated heterocycles. The van der Waals surface area contributed by atoms with Crippen molar-refractivity contribution < 1.29 is 19.0 Å². The lowest BCUT2D eigenvalue weighted by molar-refractivity contribution is -0.202. The van der Waals surface area contributed by atoms with Gasteiger partial charge in [0.2, 0.25) is 0 Å². The van der Waals surface area contributed by atoms with Crippen LogP contribution in [0.3, 0.4) is 0 Å². The van der Waals surface area contributed by atoms with Crippen molar-refractivity contribution in [3.8, 4) is 0 Å². The van der Waals surface area contributed by atoms with E-state index in [1.54, 1.807) is 6.07 Å². The van der Waals surface area contributed by atoms with Gasteiger partial charge in [0.1, 0.15) is 5.82 Å². The highest BCUT2D eigenvalue weighted by Gasteiger charge is 2.45. The molecule has 0 unspecified atom stereocenters. The first kappa shape index (κ1) is 14.4. The molecule has 3 nitrogen and oxygen atoms in total. The minimum atomic E-state index is -0.809. The summed E-state index contributed by atoms with van der Waals surface area (Å²) in [7, 11) is 0. The topological polar surface area (TPSA) is 38.7 Å². The maximum Gasteiger partial charge on any atom is 0.168 e. The van der Waals surface area contributed by atoms with Crippen molar-refractivity contribution in [2.24, 2.45) is 0 Å². The summed E-state index contributed by atoms with van der Waals surface area (Å²) in [5.74, 6) is -0.757. The third-order valence-corrected chi connectivity index (χ3v) is 5.06. The fraction of sp³-hybridized carbons (Fsp3) is 0.600. The second-order valence-corrected chi connectivity index (χ2v) is 6.60. The minimum absolute atomic E-state index is 0.276. The number of benzene rings is 1. The predicted octanol–water partition coefficient (Wildman–Crippen LogP) is 3.18. The minimum Gasteiger partial charge on any atom is -0.390 e. The predicted molar refractivity (Wildman–Crippen MR) is 75.9 cm³/mol. The van der Waals surface area contributed by atoms with Crippen molar-refractivity contribution in [1.29, 1.82) is 0 Å². The number of aliphatic hydroxyl groups is 1. The molecule has 0 radical (unpaired) electrons. The van der Waals surface area contributed by atoms with Gasteiger partial charge in [0.25, 0.3) is 0 Å². The molecule has 1 heterocycles. The van der Waals surface area contributed by atoms with Gasteiger partial charge in [0.15, 0.2) is 5.79 Å². The molecule has 110 valence electrons. The van der Waals surface area contributed by atoms with Crippen LogP contribution < -0.4 is 0 Å². The molecule has 5 heteroatoms. The summed E-state index contributed by atoms with van der Waals surface area (Å²) in [5, 5.41) is 10.7. The van der Waals surface area contributed by atoms with E-state index in [9.17, 15) is 9.50 Å². The Labute approximate surface area is 126 Å². The van der Waals surface area contributed by atoms with Crippen LogP contribution in [-0.4, -0.2) is 29.7 Å². The van der Waals surface area contributed by atoms with Crippen molar-refractivity contribution >= 4 is 15.9 Å². The third-order valence-electron chi connectivity index (χ3n) is 4.28. The van der Waals surface area contributed by atoms with Crippen LogP contribution in [0.2, 0.25) is 0 Å². The average Bonchev–Trinajstić information content (AvgIpc) is 2.87. The number of rotatable bonds is 2. The molecule has 1 aliphatic heterocycles. The summed E-state index contributed by atoms with van der Waals surface area (Å²) >= 11 is 3.41. The Morgan fingerprint density at radius 2 is 1.80 bits per heavy atom. The molecule has 20 heavy (non-hydrogen) atoms. The van der Waals surface area contributed by atoms with Gasteiger partial charge >= 0.3 is 0 Å². The van der Waals surface area contributed by atoms with Crippen LogP contribution in [0.15, 0.2) is 22.7 Å². The summed E-state index contributed by atoms with van der Waals surface area (Å²) in [6, 6.07) is 4.57. The molecule has 2 aliphatic rings. The Balaban J connectivity index is 1.70. The SMILES string of the molecule is OC1(Cc2cc(F)ccc2Br)CCC2(CC1)OCCO2. The molecule has 0 amide bonds. The van der Waals surface area contributed by atoms with E-state index in [1.807, 2.05) is 0 Å². The molecule has 1 aliphatic carbocycles. The summed E-state index contributed by atoms with van der Waals surface area (Å²) in [6.07, 6.45) is 3.04. The fourth-order valence-corrected chi connectivity index (χ4v) is 3.48. The maximum atomic E-state index is 13.3. The van der Waals surface area contributed by atoms with E-state index in [1.165, 1.54) is 12.1 Å². The molecule has 1 N–H and O–H groups in total. The normalized spacial score (nSPS) is 24.1. The van der Waals surface area contributed by atoms with E-state index in [0.717, 1.165) is 10.0 Å². The van der Waals surface area contributed by atoms with Crippen LogP contribution in [0, 0.1) is 5.82 Å². The van der Waals surface area contributed by atoms with E-state index < -0.39 is 11.4 Å². The van der Waals surface area contributed by atoms with E-state index in [-0.39, 0.29) is 5.82 Å². The van der Waals surface area contributed by atoms with Crippen molar-refractivity contribution in [3.05, 3.63) is 34.1 Å². The first-order valence-corrected chi connectivity index (χ1v) is 7.74. The third kappa shape index (κ3) is 2.91. The van der Waals surface area contributed by atoms with Crippen LogP contribution in [0.25, 0.3) is 0 Å². The van der Waals surface area contributed by atoms with Gasteiger partial charge in [-0.25, -0.2) is 4.39 Å². The van der Waals surface area contributed by atoms with Gasteiger partial charge in [-0.3, -0.25) is 0 Å². The number of hydrogen-bond acceptors (Lipinski definition) is 3. The molecule has 2 fully saturated rings. The lowest BCUT2D eigenvalue weighted by atomic mass is 9.78. The van der Waals surface area contributed by atoms with Gasteiger partial charge in [-0.1, -0.05) is 15.9 Å². The summed E-state index contributed by atoms with van der Waals surface area (Å²) < 4.78 is 25.5. The van der Waals surface area contributed by atoms with Gasteiger partial charge in [-0.15, -0.1) is 0 Å². The van der Waals surface area contributed by atoms with Gasteiger partial charge < -0.3 is 14.6 Å². The van der Waals surface area contributed by atoms with Crippen LogP contribution in [0.1, 0.15) is 31.2 Å². The van der Waals surface area contributed by atoms with Gasteiger partial charge in [-0.2, -0.15) is 0 Å². The Kier molecular flexibility index (Phi) is 3.88. The summed E-state index contributed by atoms with van der Waals surface area (Å²) in [6.45, 7) is 1.27. The Bertz CT molecular complexity index is 490. The van der Waals surface area contributed by atoms with E-state index >= 15 is 0 Å². The zero-order chi connectivity index (χ0) is 14.2. The summed E-state index contributed by atoms with van der Waals surface area (Å²) in [4.78, 5) is 0. The lowest BCUT2D eigenvalue weighted by Gasteiger charge is -2.40. The monoisotopic (exact) mass is 344 g/mol. The second kappa shape index (κ2) is 5.37. The molecule has 0 bridgehead atoms. The van der Waals surface area contributed by atoms with Crippen molar-refractivity contribution in [3.63, 3.8) is 0 Å². The zero-order valence-electron chi connectivity index (χ0n) is 11.2. The van der Waals surface area contributed by atoms with Crippen LogP contribution >= 0.6 is 15.9 Å². The number of hydrogen-bond donors (Lipinski definition) is 1. The van der Waals surface area contributed by atoms with Gasteiger partial charge in [0, 0.05) is 23.7 Å². The highest BCUT2D eigenvalue weighted by atomic mass is 79.9. The maximum absolute atomic E-state index is 13.3. The number of halogens is 2. The largest absolute Gasteiger partial charge is 0.390 e. The first-order chi connectivity index (χ1) is 9.50. The standard InChI is InChI=1S/C15H18BrFO3/c16-13-2-1-12(17)9-11(13)10-14(18)3-5-15(6-4-14)19-7-8-20-15/h1-2,9,18H,3-8,10H2. The highest BCUT2D eigenvalue weighted by Crippen LogP contribution is 2.42. The molecule has 1 saturated carbocycles. The molecule has 1 spiro atoms. The van der Waals surface area contributed by atoms with Crippen LogP contribution in [0.4, 0.5) is 4.39 Å². The molecule has 0 aromatic heterocycles. The van der Waals surface area contributed by atoms with Crippen LogP contribution in [-0.2, 0) is 15.9 Å². The Morgan fingerprint density at radius 3 is 2.45 bits per heavy atom. The quantitative estimate of drug-likeness (QED) is 0.895. The van der Waals surface area contributed by atoms with Crippen molar-refractivity contribution in [2.45, 2.75) is 43.5 Å². The van der Waals surface area contributed by atoms with E-state index in [4.69, 9.17) is 9.47 Å². The van der Waals surface area contributed by atoms with Crippen molar-refractivity contribution in [2.75, 3.05) is 13.2 Å². The first-order valence-electron chi connectivity index (χ1n) is 6.95. The smallest absolute Gasteiger partial charge is 0.168 e. The van der Waals surface area contributed by atoms with E-state index in [2.05, 4.69) is 15.9 Å². The van der Waals surface area contributed by atoms with Gasteiger partial charge in [-0.05, 0) is 36.6 Å². The van der Waals surface area contributed by atoms with Gasteiger partial charge in [0.05, 0.1) is 18.8 Å². The zero-order valence-corrected chi connectivity index (χ0v) is 12.8. The Morgan fingerprint density at radius 1 is 1.15 bits per heavy atom. The molecule has 1 aromatic rings. The fourth-order valence-electron chi connectivity index (χ4n) is 3.09. The average molecular weight is 345 g/mol. The lowest BCUT2D eigenvalue weighted by Crippen LogP contribution is -2.44. The summed E-state index contributed by atoms with van der Waals surface area (Å²) in [5.41, 5.74) is -0.00615. The van der Waals surface area contributed by atoms with Crippen LogP contribution in [0.5, 0.6) is 0 Å². The highest BCUT2D eigenvalue weighted by molar-refractivity contribution is 9.10.